The third-order valence-corrected chi connectivity index (χ3v) is 2.83. The van der Waals surface area contributed by atoms with E-state index in [9.17, 15) is 9.90 Å². The van der Waals surface area contributed by atoms with Crippen LogP contribution in [0.1, 0.15) is 30.6 Å². The van der Waals surface area contributed by atoms with Crippen molar-refractivity contribution < 1.29 is 14.6 Å². The van der Waals surface area contributed by atoms with Crippen molar-refractivity contribution in [3.8, 4) is 0 Å². The molecule has 0 radical (unpaired) electrons. The SMILES string of the molecule is CCC(C(=O)OC)C(O)c1ccccc1C. The Balaban J connectivity index is 2.95. The monoisotopic (exact) mass is 222 g/mol. The highest BCUT2D eigenvalue weighted by molar-refractivity contribution is 5.73. The molecule has 0 amide bonds. The van der Waals surface area contributed by atoms with Gasteiger partial charge in [-0.1, -0.05) is 31.2 Å². The van der Waals surface area contributed by atoms with E-state index in [0.717, 1.165) is 11.1 Å². The van der Waals surface area contributed by atoms with E-state index in [1.54, 1.807) is 0 Å². The number of hydrogen-bond acceptors (Lipinski definition) is 3. The van der Waals surface area contributed by atoms with Gasteiger partial charge in [-0.15, -0.1) is 0 Å². The maximum absolute atomic E-state index is 11.5. The summed E-state index contributed by atoms with van der Waals surface area (Å²) in [6.45, 7) is 3.78. The van der Waals surface area contributed by atoms with Crippen molar-refractivity contribution in [1.29, 1.82) is 0 Å². The number of methoxy groups -OCH3 is 1. The van der Waals surface area contributed by atoms with Crippen LogP contribution in [0.3, 0.4) is 0 Å². The first-order chi connectivity index (χ1) is 7.61. The number of aryl methyl sites for hydroxylation is 1. The summed E-state index contributed by atoms with van der Waals surface area (Å²) in [5.74, 6) is -0.857. The molecule has 1 N–H and O–H groups in total. The zero-order valence-corrected chi connectivity index (χ0v) is 9.93. The van der Waals surface area contributed by atoms with Gasteiger partial charge in [0.15, 0.2) is 0 Å². The first-order valence-corrected chi connectivity index (χ1v) is 5.43. The molecule has 0 saturated carbocycles. The lowest BCUT2D eigenvalue weighted by Crippen LogP contribution is -2.23. The minimum Gasteiger partial charge on any atom is -0.469 e. The second-order valence-electron chi connectivity index (χ2n) is 3.84. The quantitative estimate of drug-likeness (QED) is 0.795. The van der Waals surface area contributed by atoms with E-state index in [4.69, 9.17) is 0 Å². The molecular formula is C13H18O3. The van der Waals surface area contributed by atoms with Crippen molar-refractivity contribution in [2.24, 2.45) is 5.92 Å². The van der Waals surface area contributed by atoms with Gasteiger partial charge in [-0.25, -0.2) is 0 Å². The van der Waals surface area contributed by atoms with Crippen LogP contribution >= 0.6 is 0 Å². The Morgan fingerprint density at radius 3 is 2.56 bits per heavy atom. The van der Waals surface area contributed by atoms with Crippen molar-refractivity contribution in [3.63, 3.8) is 0 Å². The summed E-state index contributed by atoms with van der Waals surface area (Å²) < 4.78 is 4.69. The molecule has 1 aromatic carbocycles. The maximum atomic E-state index is 11.5. The summed E-state index contributed by atoms with van der Waals surface area (Å²) in [5.41, 5.74) is 1.78. The minimum absolute atomic E-state index is 0.363. The normalized spacial score (nSPS) is 14.2. The fourth-order valence-corrected chi connectivity index (χ4v) is 1.81. The van der Waals surface area contributed by atoms with E-state index in [1.807, 2.05) is 38.1 Å². The molecule has 2 atom stereocenters. The van der Waals surface area contributed by atoms with Gasteiger partial charge in [0.25, 0.3) is 0 Å². The van der Waals surface area contributed by atoms with E-state index in [-0.39, 0.29) is 5.97 Å². The summed E-state index contributed by atoms with van der Waals surface area (Å²) >= 11 is 0. The van der Waals surface area contributed by atoms with Crippen LogP contribution in [0.25, 0.3) is 0 Å². The zero-order chi connectivity index (χ0) is 12.1. The van der Waals surface area contributed by atoms with Crippen LogP contribution in [0.15, 0.2) is 24.3 Å². The molecule has 0 heterocycles. The molecule has 0 aliphatic rings. The molecule has 0 aliphatic carbocycles. The number of hydrogen-bond donors (Lipinski definition) is 1. The Kier molecular flexibility index (Phi) is 4.50. The van der Waals surface area contributed by atoms with Crippen molar-refractivity contribution in [3.05, 3.63) is 35.4 Å². The molecular weight excluding hydrogens is 204 g/mol. The Hall–Kier alpha value is -1.35. The minimum atomic E-state index is -0.793. The second-order valence-corrected chi connectivity index (χ2v) is 3.84. The summed E-state index contributed by atoms with van der Waals surface area (Å²) in [6, 6.07) is 7.52. The lowest BCUT2D eigenvalue weighted by Gasteiger charge is -2.21. The Morgan fingerprint density at radius 1 is 1.44 bits per heavy atom. The molecule has 0 spiro atoms. The number of esters is 1. The van der Waals surface area contributed by atoms with Crippen molar-refractivity contribution in [1.82, 2.24) is 0 Å². The standard InChI is InChI=1S/C13H18O3/c1-4-10(13(15)16-3)12(14)11-8-6-5-7-9(11)2/h5-8,10,12,14H,4H2,1-3H3. The molecule has 16 heavy (non-hydrogen) atoms. The van der Waals surface area contributed by atoms with Crippen molar-refractivity contribution >= 4 is 5.97 Å². The molecule has 0 aliphatic heterocycles. The van der Waals surface area contributed by atoms with Crippen LogP contribution in [-0.4, -0.2) is 18.2 Å². The molecule has 0 saturated heterocycles. The fourth-order valence-electron chi connectivity index (χ4n) is 1.81. The van der Waals surface area contributed by atoms with Gasteiger partial charge < -0.3 is 9.84 Å². The van der Waals surface area contributed by atoms with Gasteiger partial charge in [-0.3, -0.25) is 4.79 Å². The average molecular weight is 222 g/mol. The Morgan fingerprint density at radius 2 is 2.06 bits per heavy atom. The smallest absolute Gasteiger partial charge is 0.311 e. The van der Waals surface area contributed by atoms with Gasteiger partial charge in [0.2, 0.25) is 0 Å². The maximum Gasteiger partial charge on any atom is 0.311 e. The topological polar surface area (TPSA) is 46.5 Å². The van der Waals surface area contributed by atoms with Crippen LogP contribution in [0.2, 0.25) is 0 Å². The molecule has 3 heteroatoms. The van der Waals surface area contributed by atoms with Gasteiger partial charge in [0.1, 0.15) is 0 Å². The Labute approximate surface area is 96.1 Å². The molecule has 1 rings (SSSR count). The predicted octanol–water partition coefficient (Wildman–Crippen LogP) is 2.23. The number of benzene rings is 1. The molecule has 1 aromatic rings. The summed E-state index contributed by atoms with van der Waals surface area (Å²) in [7, 11) is 1.34. The first-order valence-electron chi connectivity index (χ1n) is 5.43. The summed E-state index contributed by atoms with van der Waals surface area (Å²) in [5, 5.41) is 10.2. The van der Waals surface area contributed by atoms with Crippen LogP contribution in [0.5, 0.6) is 0 Å². The average Bonchev–Trinajstić information content (AvgIpc) is 2.30. The van der Waals surface area contributed by atoms with Gasteiger partial charge in [0, 0.05) is 0 Å². The molecule has 3 nitrogen and oxygen atoms in total. The molecule has 0 fully saturated rings. The van der Waals surface area contributed by atoms with E-state index in [1.165, 1.54) is 7.11 Å². The lowest BCUT2D eigenvalue weighted by atomic mass is 9.91. The largest absolute Gasteiger partial charge is 0.469 e. The number of carbonyl (C=O) groups excluding carboxylic acids is 1. The highest BCUT2D eigenvalue weighted by Gasteiger charge is 2.27. The Bertz CT molecular complexity index is 360. The molecule has 2 unspecified atom stereocenters. The van der Waals surface area contributed by atoms with Crippen LogP contribution in [0.4, 0.5) is 0 Å². The lowest BCUT2D eigenvalue weighted by molar-refractivity contribution is -0.149. The van der Waals surface area contributed by atoms with Crippen LogP contribution in [-0.2, 0) is 9.53 Å². The van der Waals surface area contributed by atoms with E-state index < -0.39 is 12.0 Å². The molecule has 0 bridgehead atoms. The zero-order valence-electron chi connectivity index (χ0n) is 9.93. The third kappa shape index (κ3) is 2.61. The van der Waals surface area contributed by atoms with Crippen LogP contribution < -0.4 is 0 Å². The van der Waals surface area contributed by atoms with Crippen LogP contribution in [0, 0.1) is 12.8 Å². The van der Waals surface area contributed by atoms with Crippen molar-refractivity contribution in [2.45, 2.75) is 26.4 Å². The number of aliphatic hydroxyl groups is 1. The molecule has 0 aromatic heterocycles. The number of ether oxygens (including phenoxy) is 1. The number of aliphatic hydroxyl groups excluding tert-OH is 1. The summed E-state index contributed by atoms with van der Waals surface area (Å²) in [6.07, 6.45) is -0.235. The fraction of sp³-hybridized carbons (Fsp3) is 0.462. The van der Waals surface area contributed by atoms with E-state index in [0.29, 0.717) is 6.42 Å². The highest BCUT2D eigenvalue weighted by Crippen LogP contribution is 2.27. The van der Waals surface area contributed by atoms with Crippen molar-refractivity contribution in [2.75, 3.05) is 7.11 Å². The second kappa shape index (κ2) is 5.66. The van der Waals surface area contributed by atoms with Gasteiger partial charge in [0.05, 0.1) is 19.1 Å². The van der Waals surface area contributed by atoms with E-state index >= 15 is 0 Å². The van der Waals surface area contributed by atoms with Gasteiger partial charge >= 0.3 is 5.97 Å². The predicted molar refractivity (Wildman–Crippen MR) is 61.9 cm³/mol. The first kappa shape index (κ1) is 12.7. The van der Waals surface area contributed by atoms with Gasteiger partial charge in [-0.05, 0) is 24.5 Å². The van der Waals surface area contributed by atoms with E-state index in [2.05, 4.69) is 4.74 Å². The van der Waals surface area contributed by atoms with Gasteiger partial charge in [-0.2, -0.15) is 0 Å². The number of carbonyl (C=O) groups is 1. The summed E-state index contributed by atoms with van der Waals surface area (Å²) in [4.78, 5) is 11.5. The highest BCUT2D eigenvalue weighted by atomic mass is 16.5. The third-order valence-electron chi connectivity index (χ3n) is 2.83. The molecule has 88 valence electrons. The number of rotatable bonds is 4.